The first-order valence-electron chi connectivity index (χ1n) is 9.91. The summed E-state index contributed by atoms with van der Waals surface area (Å²) < 4.78 is 3.76. The van der Waals surface area contributed by atoms with Gasteiger partial charge in [-0.15, -0.1) is 10.2 Å². The molecule has 0 radical (unpaired) electrons. The lowest BCUT2D eigenvalue weighted by Gasteiger charge is -2.19. The van der Waals surface area contributed by atoms with Crippen molar-refractivity contribution >= 4 is 16.7 Å². The van der Waals surface area contributed by atoms with Crippen LogP contribution < -0.4 is 5.56 Å². The van der Waals surface area contributed by atoms with Gasteiger partial charge in [-0.05, 0) is 49.6 Å². The summed E-state index contributed by atoms with van der Waals surface area (Å²) >= 11 is 0. The normalized spacial score (nSPS) is 15.0. The van der Waals surface area contributed by atoms with Gasteiger partial charge in [0, 0.05) is 13.1 Å². The maximum absolute atomic E-state index is 12.8. The number of benzene rings is 2. The summed E-state index contributed by atoms with van der Waals surface area (Å²) in [6.07, 6.45) is 2.25. The van der Waals surface area contributed by atoms with Gasteiger partial charge in [-0.3, -0.25) is 18.7 Å². The Morgan fingerprint density at radius 3 is 2.64 bits per heavy atom. The van der Waals surface area contributed by atoms with Crippen molar-refractivity contribution in [2.45, 2.75) is 39.4 Å². The first kappa shape index (κ1) is 17.1. The molecule has 2 aromatic heterocycles. The molecule has 0 amide bonds. The molecule has 0 saturated heterocycles. The minimum absolute atomic E-state index is 0.00625. The molecule has 0 fully saturated rings. The van der Waals surface area contributed by atoms with E-state index >= 15 is 0 Å². The number of rotatable bonds is 3. The Kier molecular flexibility index (Phi) is 4.20. The molecule has 0 bridgehead atoms. The number of para-hydroxylation sites is 1. The average molecular weight is 373 g/mol. The number of hydrogen-bond donors (Lipinski definition) is 0. The van der Waals surface area contributed by atoms with Crippen molar-refractivity contribution in [2.24, 2.45) is 0 Å². The van der Waals surface area contributed by atoms with Crippen LogP contribution in [0.1, 0.15) is 30.3 Å². The third-order valence-corrected chi connectivity index (χ3v) is 5.69. The molecular weight excluding hydrogens is 350 g/mol. The van der Waals surface area contributed by atoms with E-state index in [0.717, 1.165) is 37.3 Å². The molecule has 2 aromatic carbocycles. The van der Waals surface area contributed by atoms with Crippen molar-refractivity contribution in [1.29, 1.82) is 0 Å². The van der Waals surface area contributed by atoms with E-state index in [1.807, 2.05) is 31.2 Å². The second-order valence-electron chi connectivity index (χ2n) is 7.40. The molecule has 142 valence electrons. The van der Waals surface area contributed by atoms with E-state index in [-0.39, 0.29) is 5.56 Å². The quantitative estimate of drug-likeness (QED) is 0.554. The molecule has 1 aliphatic rings. The summed E-state index contributed by atoms with van der Waals surface area (Å²) in [5, 5.41) is 9.58. The molecule has 0 spiro atoms. The first-order chi connectivity index (χ1) is 13.8. The number of hydrogen-bond acceptors (Lipinski definition) is 4. The van der Waals surface area contributed by atoms with Crippen molar-refractivity contribution in [3.63, 3.8) is 0 Å². The van der Waals surface area contributed by atoms with Crippen LogP contribution in [0.25, 0.3) is 16.7 Å². The highest BCUT2D eigenvalue weighted by Crippen LogP contribution is 2.21. The van der Waals surface area contributed by atoms with Crippen molar-refractivity contribution in [3.05, 3.63) is 75.8 Å². The lowest BCUT2D eigenvalue weighted by atomic mass is 10.0. The standard InChI is InChI=1S/C22H23N5O/c1-2-26-21(28)18-11-5-6-12-19(18)27-20(23-24-22(26)27)15-25-13-7-10-16-8-3-4-9-17(16)14-25/h3-6,8-9,11-12H,2,7,10,13-15H2,1H3. The Morgan fingerprint density at radius 2 is 1.79 bits per heavy atom. The maximum atomic E-state index is 12.8. The molecule has 0 atom stereocenters. The average Bonchev–Trinajstić information content (AvgIpc) is 3.01. The van der Waals surface area contributed by atoms with Crippen LogP contribution in [0, 0.1) is 0 Å². The lowest BCUT2D eigenvalue weighted by Crippen LogP contribution is -2.26. The lowest BCUT2D eigenvalue weighted by molar-refractivity contribution is 0.254. The Bertz CT molecular complexity index is 1220. The smallest absolute Gasteiger partial charge is 0.262 e. The van der Waals surface area contributed by atoms with Crippen LogP contribution in [0.5, 0.6) is 0 Å². The van der Waals surface area contributed by atoms with Crippen molar-refractivity contribution in [1.82, 2.24) is 24.1 Å². The zero-order valence-electron chi connectivity index (χ0n) is 16.0. The van der Waals surface area contributed by atoms with E-state index in [1.165, 1.54) is 11.1 Å². The van der Waals surface area contributed by atoms with Gasteiger partial charge in [0.1, 0.15) is 0 Å². The van der Waals surface area contributed by atoms with Crippen LogP contribution in [0.3, 0.4) is 0 Å². The second-order valence-corrected chi connectivity index (χ2v) is 7.40. The third kappa shape index (κ3) is 2.72. The fourth-order valence-electron chi connectivity index (χ4n) is 4.31. The van der Waals surface area contributed by atoms with Gasteiger partial charge in [0.2, 0.25) is 5.78 Å². The number of fused-ring (bicyclic) bond motifs is 4. The largest absolute Gasteiger partial charge is 0.292 e. The minimum atomic E-state index is -0.00625. The first-order valence-corrected chi connectivity index (χ1v) is 9.91. The molecular formula is C22H23N5O. The zero-order chi connectivity index (χ0) is 19.1. The van der Waals surface area contributed by atoms with Crippen LogP contribution in [0.4, 0.5) is 0 Å². The van der Waals surface area contributed by atoms with Gasteiger partial charge >= 0.3 is 0 Å². The summed E-state index contributed by atoms with van der Waals surface area (Å²) in [6.45, 7) is 5.19. The molecule has 0 N–H and O–H groups in total. The highest BCUT2D eigenvalue weighted by molar-refractivity contribution is 5.80. The fraction of sp³-hybridized carbons (Fsp3) is 0.318. The number of nitrogens with zero attached hydrogens (tertiary/aromatic N) is 5. The van der Waals surface area contributed by atoms with Gasteiger partial charge in [0.25, 0.3) is 5.56 Å². The van der Waals surface area contributed by atoms with E-state index in [2.05, 4.69) is 43.8 Å². The van der Waals surface area contributed by atoms with E-state index in [4.69, 9.17) is 0 Å². The predicted molar refractivity (Wildman–Crippen MR) is 109 cm³/mol. The minimum Gasteiger partial charge on any atom is -0.292 e. The second kappa shape index (κ2) is 6.87. The van der Waals surface area contributed by atoms with Crippen LogP contribution in [0.2, 0.25) is 0 Å². The molecule has 28 heavy (non-hydrogen) atoms. The maximum Gasteiger partial charge on any atom is 0.262 e. The van der Waals surface area contributed by atoms with Crippen molar-refractivity contribution in [3.8, 4) is 0 Å². The van der Waals surface area contributed by atoms with E-state index in [1.54, 1.807) is 4.57 Å². The van der Waals surface area contributed by atoms with Crippen LogP contribution in [-0.4, -0.2) is 30.6 Å². The molecule has 6 nitrogen and oxygen atoms in total. The predicted octanol–water partition coefficient (Wildman–Crippen LogP) is 3.01. The van der Waals surface area contributed by atoms with Gasteiger partial charge < -0.3 is 0 Å². The molecule has 6 heteroatoms. The molecule has 4 aromatic rings. The van der Waals surface area contributed by atoms with Gasteiger partial charge in [-0.25, -0.2) is 0 Å². The highest BCUT2D eigenvalue weighted by atomic mass is 16.1. The summed E-state index contributed by atoms with van der Waals surface area (Å²) in [7, 11) is 0. The summed E-state index contributed by atoms with van der Waals surface area (Å²) in [6, 6.07) is 16.4. The van der Waals surface area contributed by atoms with Gasteiger partial charge in [0.05, 0.1) is 17.4 Å². The number of aryl methyl sites for hydroxylation is 2. The Labute approximate surface area is 163 Å². The summed E-state index contributed by atoms with van der Waals surface area (Å²) in [4.78, 5) is 15.3. The Balaban J connectivity index is 1.61. The van der Waals surface area contributed by atoms with Gasteiger partial charge in [-0.2, -0.15) is 0 Å². The molecule has 0 unspecified atom stereocenters. The monoisotopic (exact) mass is 373 g/mol. The molecule has 1 aliphatic heterocycles. The van der Waals surface area contributed by atoms with Crippen LogP contribution in [-0.2, 0) is 26.1 Å². The summed E-state index contributed by atoms with van der Waals surface area (Å²) in [5.41, 5.74) is 3.71. The SMILES string of the molecule is CCn1c(=O)c2ccccc2n2c(CN3CCCc4ccccc4C3)nnc12. The number of aromatic nitrogens is 4. The van der Waals surface area contributed by atoms with Gasteiger partial charge in [-0.1, -0.05) is 36.4 Å². The van der Waals surface area contributed by atoms with Crippen LogP contribution >= 0.6 is 0 Å². The molecule has 3 heterocycles. The van der Waals surface area contributed by atoms with E-state index in [0.29, 0.717) is 24.3 Å². The van der Waals surface area contributed by atoms with Crippen molar-refractivity contribution in [2.75, 3.05) is 6.54 Å². The zero-order valence-corrected chi connectivity index (χ0v) is 16.0. The summed E-state index contributed by atoms with van der Waals surface area (Å²) in [5.74, 6) is 1.50. The fourth-order valence-corrected chi connectivity index (χ4v) is 4.31. The highest BCUT2D eigenvalue weighted by Gasteiger charge is 2.19. The molecule has 5 rings (SSSR count). The van der Waals surface area contributed by atoms with Crippen molar-refractivity contribution < 1.29 is 0 Å². The molecule has 0 aliphatic carbocycles. The molecule has 0 saturated carbocycles. The van der Waals surface area contributed by atoms with Gasteiger partial charge in [0.15, 0.2) is 5.82 Å². The van der Waals surface area contributed by atoms with E-state index in [9.17, 15) is 4.79 Å². The Morgan fingerprint density at radius 1 is 1.00 bits per heavy atom. The Hall–Kier alpha value is -2.99. The van der Waals surface area contributed by atoms with Crippen LogP contribution in [0.15, 0.2) is 53.3 Å². The van der Waals surface area contributed by atoms with E-state index < -0.39 is 0 Å². The third-order valence-electron chi connectivity index (χ3n) is 5.69. The topological polar surface area (TPSA) is 55.4 Å².